The predicted octanol–water partition coefficient (Wildman–Crippen LogP) is 1.90. The summed E-state index contributed by atoms with van der Waals surface area (Å²) < 4.78 is 4.21. The van der Waals surface area contributed by atoms with Gasteiger partial charge in [0, 0.05) is 28.8 Å². The van der Waals surface area contributed by atoms with Crippen molar-refractivity contribution in [1.82, 2.24) is 0 Å². The van der Waals surface area contributed by atoms with Gasteiger partial charge in [-0.05, 0) is 6.42 Å². The quantitative estimate of drug-likeness (QED) is 0.314. The second kappa shape index (κ2) is 9.21. The van der Waals surface area contributed by atoms with Crippen molar-refractivity contribution >= 4 is 5.97 Å². The molecule has 2 nitrogen and oxygen atoms in total. The summed E-state index contributed by atoms with van der Waals surface area (Å²) in [6.07, 6.45) is 3.65. The Morgan fingerprint density at radius 3 is 2.50 bits per heavy atom. The van der Waals surface area contributed by atoms with E-state index in [1.807, 2.05) is 0 Å². The molecule has 0 aromatic carbocycles. The van der Waals surface area contributed by atoms with Crippen molar-refractivity contribution in [2.75, 3.05) is 0 Å². The normalized spacial score (nSPS) is 8.20. The van der Waals surface area contributed by atoms with Crippen LogP contribution in [-0.2, 0) is 31.9 Å². The van der Waals surface area contributed by atoms with E-state index in [-0.39, 0.29) is 28.3 Å². The van der Waals surface area contributed by atoms with Crippen molar-refractivity contribution in [1.29, 1.82) is 0 Å². The molecule has 0 fully saturated rings. The molecule has 0 amide bonds. The van der Waals surface area contributed by atoms with Crippen molar-refractivity contribution < 1.29 is 31.9 Å². The topological polar surface area (TPSA) is 26.3 Å². The van der Waals surface area contributed by atoms with E-state index >= 15 is 0 Å². The smallest absolute Gasteiger partial charge is 0.274 e. The Morgan fingerprint density at radius 2 is 2.10 bits per heavy atom. The molecule has 0 bridgehead atoms. The molecule has 0 N–H and O–H groups in total. The fraction of sp³-hybridized carbons (Fsp3) is 0.714. The van der Waals surface area contributed by atoms with Crippen LogP contribution in [0.25, 0.3) is 0 Å². The van der Waals surface area contributed by atoms with Crippen LogP contribution < -0.4 is 0 Å². The van der Waals surface area contributed by atoms with Crippen LogP contribution in [0.3, 0.4) is 0 Å². The Kier molecular flexibility index (Phi) is 11.8. The van der Waals surface area contributed by atoms with E-state index in [9.17, 15) is 4.79 Å². The number of ether oxygens (including phenoxy) is 1. The van der Waals surface area contributed by atoms with E-state index in [2.05, 4.69) is 18.8 Å². The summed E-state index contributed by atoms with van der Waals surface area (Å²) in [6.45, 7) is 2.09. The molecular formula is C7H13NbO2-. The third-order valence-electron chi connectivity index (χ3n) is 1.15. The minimum atomic E-state index is -0.205. The van der Waals surface area contributed by atoms with Gasteiger partial charge >= 0.3 is 0 Å². The van der Waals surface area contributed by atoms with Gasteiger partial charge in [0.2, 0.25) is 0 Å². The molecule has 0 atom stereocenters. The molecule has 0 unspecified atom stereocenters. The first-order valence-electron chi connectivity index (χ1n) is 3.26. The van der Waals surface area contributed by atoms with E-state index in [4.69, 9.17) is 0 Å². The second-order valence-corrected chi connectivity index (χ2v) is 1.97. The van der Waals surface area contributed by atoms with Crippen LogP contribution in [0.15, 0.2) is 0 Å². The number of carbonyl (C=O) groups excluding carboxylic acids is 1. The summed E-state index contributed by atoms with van der Waals surface area (Å²) in [6, 6.07) is 0. The maximum atomic E-state index is 10.4. The summed E-state index contributed by atoms with van der Waals surface area (Å²) in [5.41, 5.74) is 0. The standard InChI is InChI=1S/C7H13O2.Nb/c1-3-4-5-6-7(8)9-2;/h2-6H2,1H3;/q-1;. The molecule has 3 heteroatoms. The zero-order valence-electron chi connectivity index (χ0n) is 6.30. The van der Waals surface area contributed by atoms with Crippen LogP contribution >= 0.6 is 0 Å². The molecule has 0 saturated heterocycles. The molecule has 0 aromatic rings. The van der Waals surface area contributed by atoms with Gasteiger partial charge in [0.05, 0.1) is 0 Å². The molecule has 10 heavy (non-hydrogen) atoms. The van der Waals surface area contributed by atoms with Gasteiger partial charge < -0.3 is 4.74 Å². The minimum Gasteiger partial charge on any atom is -0.640 e. The van der Waals surface area contributed by atoms with Gasteiger partial charge in [-0.15, -0.1) is 0 Å². The molecule has 59 valence electrons. The first kappa shape index (κ1) is 12.8. The van der Waals surface area contributed by atoms with E-state index in [1.165, 1.54) is 0 Å². The number of unbranched alkanes of at least 4 members (excludes halogenated alkanes) is 2. The summed E-state index contributed by atoms with van der Waals surface area (Å²) in [5.74, 6) is -0.205. The maximum absolute atomic E-state index is 10.4. The first-order valence-corrected chi connectivity index (χ1v) is 3.26. The summed E-state index contributed by atoms with van der Waals surface area (Å²) >= 11 is 0. The molecule has 0 spiro atoms. The Bertz CT molecular complexity index is 83.7. The molecule has 0 aliphatic carbocycles. The van der Waals surface area contributed by atoms with Gasteiger partial charge in [-0.2, -0.15) is 7.11 Å². The molecule has 0 saturated carbocycles. The molecule has 0 heterocycles. The number of esters is 1. The minimum absolute atomic E-state index is 0. The van der Waals surface area contributed by atoms with Crippen LogP contribution in [0.1, 0.15) is 32.6 Å². The molecular weight excluding hydrogens is 209 g/mol. The Labute approximate surface area is 77.8 Å². The summed E-state index contributed by atoms with van der Waals surface area (Å²) in [4.78, 5) is 10.4. The van der Waals surface area contributed by atoms with E-state index < -0.39 is 0 Å². The van der Waals surface area contributed by atoms with Crippen molar-refractivity contribution in [3.63, 3.8) is 0 Å². The zero-order chi connectivity index (χ0) is 7.11. The molecule has 1 radical (unpaired) electrons. The van der Waals surface area contributed by atoms with Gasteiger partial charge in [-0.25, -0.2) is 0 Å². The molecule has 0 aromatic heterocycles. The monoisotopic (exact) mass is 222 g/mol. The van der Waals surface area contributed by atoms with Crippen molar-refractivity contribution in [3.05, 3.63) is 7.11 Å². The average Bonchev–Trinajstić information content (AvgIpc) is 1.89. The van der Waals surface area contributed by atoms with E-state index in [0.717, 1.165) is 19.3 Å². The summed E-state index contributed by atoms with van der Waals surface area (Å²) in [5, 5.41) is 0. The van der Waals surface area contributed by atoms with Crippen LogP contribution in [0.4, 0.5) is 0 Å². The largest absolute Gasteiger partial charge is 0.640 e. The zero-order valence-corrected chi connectivity index (χ0v) is 8.50. The Morgan fingerprint density at radius 1 is 1.50 bits per heavy atom. The molecule has 0 aliphatic heterocycles. The maximum Gasteiger partial charge on any atom is 0.274 e. The van der Waals surface area contributed by atoms with Crippen molar-refractivity contribution in [3.8, 4) is 0 Å². The van der Waals surface area contributed by atoms with E-state index in [0.29, 0.717) is 6.42 Å². The fourth-order valence-corrected chi connectivity index (χ4v) is 0.592. The number of carbonyl (C=O) groups is 1. The third kappa shape index (κ3) is 8.21. The molecule has 0 rings (SSSR count). The third-order valence-corrected chi connectivity index (χ3v) is 1.15. The number of hydrogen-bond acceptors (Lipinski definition) is 2. The number of rotatable bonds is 4. The summed E-state index contributed by atoms with van der Waals surface area (Å²) in [7, 11) is 3.01. The van der Waals surface area contributed by atoms with Crippen LogP contribution in [0, 0.1) is 7.11 Å². The Balaban J connectivity index is 0. The van der Waals surface area contributed by atoms with Gasteiger partial charge in [0.15, 0.2) is 0 Å². The predicted molar refractivity (Wildman–Crippen MR) is 35.6 cm³/mol. The van der Waals surface area contributed by atoms with Crippen molar-refractivity contribution in [2.24, 2.45) is 0 Å². The number of hydrogen-bond donors (Lipinski definition) is 0. The SMILES string of the molecule is [CH2-]OC(=O)CCCCC.[Nb]. The van der Waals surface area contributed by atoms with Crippen LogP contribution in [0.5, 0.6) is 0 Å². The van der Waals surface area contributed by atoms with Crippen LogP contribution in [-0.4, -0.2) is 5.97 Å². The van der Waals surface area contributed by atoms with E-state index in [1.54, 1.807) is 0 Å². The van der Waals surface area contributed by atoms with Gasteiger partial charge in [-0.1, -0.05) is 19.8 Å². The Hall–Kier alpha value is 0.210. The fourth-order valence-electron chi connectivity index (χ4n) is 0.592. The molecule has 0 aliphatic rings. The van der Waals surface area contributed by atoms with Crippen LogP contribution in [0.2, 0.25) is 0 Å². The van der Waals surface area contributed by atoms with Crippen molar-refractivity contribution in [2.45, 2.75) is 32.6 Å². The second-order valence-electron chi connectivity index (χ2n) is 1.97. The van der Waals surface area contributed by atoms with Gasteiger partial charge in [0.25, 0.3) is 5.97 Å². The first-order chi connectivity index (χ1) is 4.31. The van der Waals surface area contributed by atoms with Gasteiger partial charge in [-0.3, -0.25) is 4.79 Å². The average molecular weight is 222 g/mol. The van der Waals surface area contributed by atoms with Gasteiger partial charge in [0.1, 0.15) is 0 Å².